The number of ether oxygens (including phenoxy) is 6. The van der Waals surface area contributed by atoms with Crippen LogP contribution in [0.25, 0.3) is 0 Å². The lowest BCUT2D eigenvalue weighted by Crippen LogP contribution is -2.41. The summed E-state index contributed by atoms with van der Waals surface area (Å²) in [6, 6.07) is 28.9. The molecule has 0 radical (unpaired) electrons. The number of aromatic hydroxyl groups is 3. The maximum atomic E-state index is 12.4. The van der Waals surface area contributed by atoms with E-state index in [-0.39, 0.29) is 175 Å². The molecule has 5 aliphatic carbocycles. The average molecular weight is 2120 g/mol. The van der Waals surface area contributed by atoms with Crippen LogP contribution in [0.15, 0.2) is 109 Å². The second-order valence-corrected chi connectivity index (χ2v) is 44.2. The lowest BCUT2D eigenvalue weighted by atomic mass is 9.49. The first-order chi connectivity index (χ1) is 63.2. The molecule has 5 N–H and O–H groups in total. The third-order valence-electron chi connectivity index (χ3n) is 25.4. The molecule has 146 heavy (non-hydrogen) atoms. The molecule has 6 aromatic carbocycles. The van der Waals surface area contributed by atoms with Gasteiger partial charge in [0.15, 0.2) is 24.6 Å². The number of carbonyl (C=O) groups is 4. The monoisotopic (exact) mass is 2120 g/mol. The van der Waals surface area contributed by atoms with Gasteiger partial charge in [-0.3, -0.25) is 19.2 Å². The smallest absolute Gasteiger partial charge is 0.508 e. The first kappa shape index (κ1) is 142. The van der Waals surface area contributed by atoms with Gasteiger partial charge in [-0.25, -0.2) is 16.8 Å². The molecule has 41 heteroatoms. The van der Waals surface area contributed by atoms with E-state index in [1.54, 1.807) is 30.3 Å². The maximum Gasteiger partial charge on any atom is 0.534 e. The Morgan fingerprint density at radius 1 is 0.384 bits per heavy atom. The van der Waals surface area contributed by atoms with Crippen LogP contribution in [0.3, 0.4) is 0 Å². The standard InChI is InChI=1S/C18H25BO4.C14H19BO5S.C13H13F3O5S.C12H24B2O4.C12H15BO3.C12H14O3.C7H6O3.C4H8O.C2H6O2S.11CH4/c1-17(2)18(3,4)23-19(22-17)16-11-15(10-9-13(16)12-20)21-14-7-5-6-8-14;1-21(17,18)9-14-12-7-6-11(8-13(12)15(16)20-14)19-10-4-2-3-5-10;14-13(15,16)22(18,19)21-12-7-11(6-5-9(12)8-17)20-10-3-1-2-4-10;1-9(2)10(3,4)16-13(15-9)14-17-11(5,6)12(7,8)18-14;14-13-12-7-11(6-5-9(12)8-15-13)16-10-3-1-2-4-10;13-8-9-5-6-11(7-12(9)14)15-10-3-1-2-4-10;8-4-5-1-2-6(9)3-7(5)10;1-2-4-5-3-1;1-5(2,3)4;;;;;;;;;;;/h9-12,14H,5-8H2,1-4H3;6-8,10,14,16H,2-5,9H2,1H3;5-8,10H,1-4H2;1-8H3;5-7,10,14H,1-4,8H2;5-8,10,14H,1-4H2;1-4,9-10H;1-4H2;1-2H3;11*1H4. The zero-order chi connectivity index (χ0) is 99.3. The van der Waals surface area contributed by atoms with Crippen LogP contribution in [-0.4, -0.2) is 219 Å². The fraction of sp³-hybridized carbons (Fsp3) is 0.619. The summed E-state index contributed by atoms with van der Waals surface area (Å²) in [4.78, 5) is 42.8. The molecule has 4 saturated heterocycles. The Hall–Kier alpha value is -8.28. The predicted octanol–water partition coefficient (Wildman–Crippen LogP) is 21.3. The second kappa shape index (κ2) is 61.9. The van der Waals surface area contributed by atoms with Gasteiger partial charge in [0, 0.05) is 55.7 Å². The summed E-state index contributed by atoms with van der Waals surface area (Å²) in [6.45, 7) is 26.7. The summed E-state index contributed by atoms with van der Waals surface area (Å²) in [7, 11) is -15.0. The van der Waals surface area contributed by atoms with Gasteiger partial charge < -0.3 is 95.2 Å². The molecule has 0 spiro atoms. The lowest BCUT2D eigenvalue weighted by molar-refractivity contribution is -0.0500. The van der Waals surface area contributed by atoms with E-state index in [2.05, 4.69) is 4.18 Å². The number of hydrogen-bond acceptors (Lipinski definition) is 30. The number of rotatable bonds is 20. The van der Waals surface area contributed by atoms with Gasteiger partial charge in [-0.15, -0.1) is 0 Å². The van der Waals surface area contributed by atoms with E-state index >= 15 is 0 Å². The number of aldehydes is 4. The van der Waals surface area contributed by atoms with E-state index in [0.29, 0.717) is 53.4 Å². The molecule has 828 valence electrons. The van der Waals surface area contributed by atoms with Crippen LogP contribution in [0.2, 0.25) is 0 Å². The number of sulfone groups is 2. The number of hydrogen-bond donors (Lipinski definition) is 5. The number of carbonyl (C=O) groups excluding carboxylic acids is 4. The summed E-state index contributed by atoms with van der Waals surface area (Å²) < 4.78 is 186. The van der Waals surface area contributed by atoms with Gasteiger partial charge in [-0.1, -0.05) is 93.8 Å². The normalized spacial score (nSPS) is 19.1. The van der Waals surface area contributed by atoms with Crippen LogP contribution >= 0.6 is 0 Å². The van der Waals surface area contributed by atoms with E-state index in [1.807, 2.05) is 119 Å². The van der Waals surface area contributed by atoms with Crippen molar-refractivity contribution < 1.29 is 153 Å². The maximum absolute atomic E-state index is 12.4. The Kier molecular flexibility index (Phi) is 60.1. The fourth-order valence-electron chi connectivity index (χ4n) is 15.8. The number of alkyl halides is 3. The van der Waals surface area contributed by atoms with E-state index in [9.17, 15) is 72.8 Å². The van der Waals surface area contributed by atoms with Crippen molar-refractivity contribution in [2.45, 2.75) is 388 Å². The van der Waals surface area contributed by atoms with Crippen molar-refractivity contribution in [3.8, 4) is 51.7 Å². The van der Waals surface area contributed by atoms with Crippen molar-refractivity contribution in [2.75, 3.05) is 37.7 Å². The van der Waals surface area contributed by atoms with Crippen LogP contribution < -0.4 is 44.3 Å². The summed E-state index contributed by atoms with van der Waals surface area (Å²) in [5, 5.41) is 46.7. The Morgan fingerprint density at radius 3 is 1.03 bits per heavy atom. The molecule has 0 bridgehead atoms. The Morgan fingerprint density at radius 2 is 0.692 bits per heavy atom. The number of phenols is 3. The topological polar surface area (TPSA) is 410 Å². The Labute approximate surface area is 874 Å². The zero-order valence-corrected chi connectivity index (χ0v) is 82.2. The van der Waals surface area contributed by atoms with Crippen LogP contribution in [0.1, 0.15) is 365 Å². The molecule has 1 atom stereocenters. The minimum absolute atomic E-state index is 0. The summed E-state index contributed by atoms with van der Waals surface area (Å²) in [5.41, 5.74) is -3.12. The highest BCUT2D eigenvalue weighted by molar-refractivity contribution is 7.90. The summed E-state index contributed by atoms with van der Waals surface area (Å²) >= 11 is 0. The molecule has 30 nitrogen and oxygen atoms in total. The molecule has 6 heterocycles. The first-order valence-corrected chi connectivity index (χ1v) is 51.6. The third-order valence-corrected chi connectivity index (χ3v) is 27.2. The molecular weight excluding hydrogens is 1950 g/mol. The van der Waals surface area contributed by atoms with Crippen molar-refractivity contribution in [1.29, 1.82) is 0 Å². The van der Waals surface area contributed by atoms with E-state index in [0.717, 1.165) is 167 Å². The van der Waals surface area contributed by atoms with Gasteiger partial charge in [0.25, 0.3) is 0 Å². The van der Waals surface area contributed by atoms with Gasteiger partial charge in [0.1, 0.15) is 72.0 Å². The molecule has 11 aliphatic rings. The molecule has 9 fully saturated rings. The molecule has 1 unspecified atom stereocenters. The van der Waals surface area contributed by atoms with Gasteiger partial charge in [0.2, 0.25) is 0 Å². The van der Waals surface area contributed by atoms with Gasteiger partial charge in [-0.05, 0) is 331 Å². The van der Waals surface area contributed by atoms with Gasteiger partial charge >= 0.3 is 51.0 Å². The predicted molar refractivity (Wildman–Crippen MR) is 582 cm³/mol. The number of halogens is 3. The second-order valence-electron chi connectivity index (χ2n) is 38.2. The molecule has 5 saturated carbocycles. The van der Waals surface area contributed by atoms with Gasteiger partial charge in [0.05, 0.1) is 99.3 Å². The number of fused-ring (bicyclic) bond motifs is 2. The SMILES string of the molecule is C.C.C.C.C.C.C.C.C.C.C.C1CCOC1.CC1(C)OB(B2OC(C)(C)C(C)(C)O2)OC1(C)C.CC1(C)OB(c2cc(OC3CCCC3)ccc2C=O)OC1(C)C.CS(=O)(=O)CC1OB(O)c2cc(OC3CCCC3)ccc21.CS(C)(=O)=O.O=Cc1ccc(O)cc1O.O=Cc1ccc(OC2CCCC2)cc1O.O=Cc1ccc(OC2CCCC2)cc1OS(=O)(=O)C(F)(F)F.OB1OCc2ccc(OC3CCCC3)cc21. The van der Waals surface area contributed by atoms with Crippen molar-refractivity contribution >= 4 is 107 Å². The van der Waals surface area contributed by atoms with Crippen LogP contribution in [-0.2, 0) is 78.4 Å². The average Bonchev–Trinajstić information content (AvgIpc) is 1.59. The highest BCUT2D eigenvalue weighted by Crippen LogP contribution is 2.45. The first-order valence-electron chi connectivity index (χ1n) is 45.9. The highest BCUT2D eigenvalue weighted by atomic mass is 32.2. The summed E-state index contributed by atoms with van der Waals surface area (Å²) in [6.07, 6.45) is 30.9. The van der Waals surface area contributed by atoms with Crippen LogP contribution in [0.4, 0.5) is 13.2 Å². The molecule has 17 rings (SSSR count). The minimum Gasteiger partial charge on any atom is -0.508 e. The lowest BCUT2D eigenvalue weighted by Gasteiger charge is -2.32. The van der Waals surface area contributed by atoms with Gasteiger partial charge in [-0.2, -0.15) is 21.6 Å². The Balaban J connectivity index is -0.00000160. The van der Waals surface area contributed by atoms with Crippen molar-refractivity contribution in [3.05, 3.63) is 143 Å². The van der Waals surface area contributed by atoms with Crippen molar-refractivity contribution in [2.24, 2.45) is 0 Å². The minimum atomic E-state index is -5.84. The molecular formula is C105H174B5F3O30S3. The van der Waals surface area contributed by atoms with E-state index < -0.39 is 93.7 Å². The largest absolute Gasteiger partial charge is 0.534 e. The van der Waals surface area contributed by atoms with E-state index in [4.69, 9.17) is 75.9 Å². The summed E-state index contributed by atoms with van der Waals surface area (Å²) in [5.74, 6) is 2.06. The third kappa shape index (κ3) is 41.8. The highest BCUT2D eigenvalue weighted by Gasteiger charge is 2.64. The van der Waals surface area contributed by atoms with E-state index in [1.165, 1.54) is 88.5 Å². The van der Waals surface area contributed by atoms with Crippen LogP contribution in [0.5, 0.6) is 51.7 Å². The zero-order valence-electron chi connectivity index (χ0n) is 79.7. The quantitative estimate of drug-likeness (QED) is 0.0205. The molecule has 0 amide bonds. The Bertz CT molecular complexity index is 5170. The fourth-order valence-corrected chi connectivity index (χ4v) is 17.1. The number of phenolic OH excluding ortho intramolecular Hbond substituents is 3. The van der Waals surface area contributed by atoms with Crippen molar-refractivity contribution in [3.63, 3.8) is 0 Å². The molecule has 6 aromatic rings. The molecule has 6 aliphatic heterocycles. The van der Waals surface area contributed by atoms with Crippen LogP contribution in [0, 0.1) is 0 Å². The van der Waals surface area contributed by atoms with Crippen molar-refractivity contribution in [1.82, 2.24) is 0 Å². The number of benzene rings is 6. The molecule has 0 aromatic heterocycles.